The lowest BCUT2D eigenvalue weighted by molar-refractivity contribution is 0.668. The van der Waals surface area contributed by atoms with Crippen LogP contribution in [0.5, 0.6) is 0 Å². The smallest absolute Gasteiger partial charge is 0.144 e. The molecule has 2 aliphatic carbocycles. The van der Waals surface area contributed by atoms with E-state index >= 15 is 0 Å². The van der Waals surface area contributed by atoms with Crippen LogP contribution in [0.25, 0.3) is 0 Å². The van der Waals surface area contributed by atoms with Crippen LogP contribution in [0.4, 0.5) is 5.82 Å². The molecule has 0 fully saturated rings. The van der Waals surface area contributed by atoms with Crippen molar-refractivity contribution < 1.29 is 0 Å². The number of hydrogen-bond donors (Lipinski definition) is 1. The third-order valence-electron chi connectivity index (χ3n) is 4.29. The van der Waals surface area contributed by atoms with Gasteiger partial charge in [-0.1, -0.05) is 11.6 Å². The number of rotatable bonds is 4. The maximum Gasteiger partial charge on any atom is 0.144 e. The highest BCUT2D eigenvalue weighted by Gasteiger charge is 2.15. The summed E-state index contributed by atoms with van der Waals surface area (Å²) in [7, 11) is 0. The molecule has 0 bridgehead atoms. The van der Waals surface area contributed by atoms with Crippen molar-refractivity contribution in [2.24, 2.45) is 0 Å². The number of pyridine rings is 1. The molecule has 20 heavy (non-hydrogen) atoms. The summed E-state index contributed by atoms with van der Waals surface area (Å²) in [5.74, 6) is 0.784. The Morgan fingerprint density at radius 1 is 1.20 bits per heavy atom. The number of allylic oxidation sites excluding steroid dienone is 1. The van der Waals surface area contributed by atoms with Gasteiger partial charge in [0.15, 0.2) is 0 Å². The van der Waals surface area contributed by atoms with E-state index in [2.05, 4.69) is 17.5 Å². The average molecular weight is 267 g/mol. The number of nitrogens with zero attached hydrogens (tertiary/aromatic N) is 2. The van der Waals surface area contributed by atoms with Crippen LogP contribution in [0.1, 0.15) is 55.3 Å². The van der Waals surface area contributed by atoms with E-state index in [1.807, 2.05) is 6.07 Å². The van der Waals surface area contributed by atoms with Crippen LogP contribution in [0.2, 0.25) is 0 Å². The number of nitrogens with one attached hydrogen (secondary N) is 1. The van der Waals surface area contributed by atoms with Gasteiger partial charge in [0.25, 0.3) is 0 Å². The summed E-state index contributed by atoms with van der Waals surface area (Å²) in [5, 5.41) is 12.7. The molecule has 0 amide bonds. The van der Waals surface area contributed by atoms with Gasteiger partial charge in [0.1, 0.15) is 11.9 Å². The van der Waals surface area contributed by atoms with Crippen LogP contribution < -0.4 is 5.32 Å². The molecule has 0 saturated carbocycles. The highest BCUT2D eigenvalue weighted by molar-refractivity contribution is 5.54. The van der Waals surface area contributed by atoms with Gasteiger partial charge >= 0.3 is 0 Å². The molecule has 0 aliphatic heterocycles. The van der Waals surface area contributed by atoms with Crippen LogP contribution in [0.3, 0.4) is 0 Å². The number of hydrogen-bond acceptors (Lipinski definition) is 3. The van der Waals surface area contributed by atoms with Gasteiger partial charge in [-0.25, -0.2) is 4.98 Å². The topological polar surface area (TPSA) is 48.7 Å². The first-order valence-corrected chi connectivity index (χ1v) is 7.71. The first-order valence-electron chi connectivity index (χ1n) is 7.71. The monoisotopic (exact) mass is 267 g/mol. The lowest BCUT2D eigenvalue weighted by Gasteiger charge is -2.17. The van der Waals surface area contributed by atoms with Crippen molar-refractivity contribution in [1.29, 1.82) is 5.26 Å². The minimum atomic E-state index is 0.700. The summed E-state index contributed by atoms with van der Waals surface area (Å²) in [6, 6.07) is 4.32. The fraction of sp³-hybridized carbons (Fsp3) is 0.529. The predicted molar refractivity (Wildman–Crippen MR) is 80.6 cm³/mol. The summed E-state index contributed by atoms with van der Waals surface area (Å²) < 4.78 is 0. The Bertz CT molecular complexity index is 566. The normalized spacial score (nSPS) is 17.2. The van der Waals surface area contributed by atoms with Crippen molar-refractivity contribution in [1.82, 2.24) is 4.98 Å². The van der Waals surface area contributed by atoms with E-state index in [1.165, 1.54) is 43.4 Å². The zero-order valence-corrected chi connectivity index (χ0v) is 11.9. The molecule has 0 spiro atoms. The number of nitriles is 1. The second-order valence-corrected chi connectivity index (χ2v) is 5.74. The first kappa shape index (κ1) is 13.2. The quantitative estimate of drug-likeness (QED) is 0.845. The van der Waals surface area contributed by atoms with Crippen LogP contribution in [0.15, 0.2) is 17.7 Å². The van der Waals surface area contributed by atoms with Gasteiger partial charge in [0.2, 0.25) is 0 Å². The fourth-order valence-electron chi connectivity index (χ4n) is 3.16. The second-order valence-electron chi connectivity index (χ2n) is 5.74. The van der Waals surface area contributed by atoms with E-state index < -0.39 is 0 Å². The lowest BCUT2D eigenvalue weighted by Crippen LogP contribution is -2.11. The molecule has 3 heteroatoms. The molecule has 0 atom stereocenters. The van der Waals surface area contributed by atoms with Crippen LogP contribution in [-0.2, 0) is 12.8 Å². The molecule has 0 saturated heterocycles. The van der Waals surface area contributed by atoms with Crippen molar-refractivity contribution in [2.45, 2.75) is 51.4 Å². The Morgan fingerprint density at radius 3 is 2.90 bits per heavy atom. The molecule has 1 aromatic rings. The molecule has 104 valence electrons. The van der Waals surface area contributed by atoms with Gasteiger partial charge in [-0.2, -0.15) is 5.26 Å². The van der Waals surface area contributed by atoms with Crippen molar-refractivity contribution in [3.8, 4) is 6.07 Å². The Labute approximate surface area is 120 Å². The highest BCUT2D eigenvalue weighted by Crippen LogP contribution is 2.25. The number of aryl methyl sites for hydroxylation is 2. The average Bonchev–Trinajstić information content (AvgIpc) is 3.00. The van der Waals surface area contributed by atoms with Gasteiger partial charge < -0.3 is 5.32 Å². The standard InChI is InChI=1S/C17H21N3/c18-12-15-11-14-7-3-4-8-16(14)20-17(15)19-10-9-13-5-1-2-6-13/h5,11H,1-4,6-10H2,(H,19,20). The third-order valence-corrected chi connectivity index (χ3v) is 4.29. The Hall–Kier alpha value is -1.82. The molecule has 0 aromatic carbocycles. The highest BCUT2D eigenvalue weighted by atomic mass is 15.0. The maximum atomic E-state index is 9.29. The molecule has 2 aliphatic rings. The molecule has 1 heterocycles. The zero-order chi connectivity index (χ0) is 13.8. The fourth-order valence-corrected chi connectivity index (χ4v) is 3.16. The molecular weight excluding hydrogens is 246 g/mol. The van der Waals surface area contributed by atoms with Crippen LogP contribution in [0, 0.1) is 11.3 Å². The largest absolute Gasteiger partial charge is 0.369 e. The van der Waals surface area contributed by atoms with Crippen LogP contribution >= 0.6 is 0 Å². The van der Waals surface area contributed by atoms with Crippen LogP contribution in [-0.4, -0.2) is 11.5 Å². The summed E-state index contributed by atoms with van der Waals surface area (Å²) in [4.78, 5) is 4.70. The van der Waals surface area contributed by atoms with Crippen molar-refractivity contribution in [2.75, 3.05) is 11.9 Å². The predicted octanol–water partition coefficient (Wildman–Crippen LogP) is 3.74. The zero-order valence-electron chi connectivity index (χ0n) is 11.9. The van der Waals surface area contributed by atoms with Gasteiger partial charge in [-0.05, 0) is 63.0 Å². The summed E-state index contributed by atoms with van der Waals surface area (Å²) in [6.07, 6.45) is 11.8. The number of fused-ring (bicyclic) bond motifs is 1. The molecule has 0 unspecified atom stereocenters. The Morgan fingerprint density at radius 2 is 2.10 bits per heavy atom. The van der Waals surface area contributed by atoms with Crippen molar-refractivity contribution >= 4 is 5.82 Å². The van der Waals surface area contributed by atoms with E-state index in [1.54, 1.807) is 5.57 Å². The van der Waals surface area contributed by atoms with Gasteiger partial charge in [-0.15, -0.1) is 0 Å². The molecule has 3 nitrogen and oxygen atoms in total. The first-order chi connectivity index (χ1) is 9.86. The van der Waals surface area contributed by atoms with E-state index in [9.17, 15) is 5.26 Å². The molecule has 1 aromatic heterocycles. The molecule has 1 N–H and O–H groups in total. The molecular formula is C17H21N3. The second kappa shape index (κ2) is 6.09. The van der Waals surface area contributed by atoms with E-state index in [0.717, 1.165) is 31.6 Å². The summed E-state index contributed by atoms with van der Waals surface area (Å²) in [6.45, 7) is 0.881. The third kappa shape index (κ3) is 2.85. The number of aromatic nitrogens is 1. The van der Waals surface area contributed by atoms with E-state index in [-0.39, 0.29) is 0 Å². The van der Waals surface area contributed by atoms with Gasteiger partial charge in [-0.3, -0.25) is 0 Å². The van der Waals surface area contributed by atoms with Gasteiger partial charge in [0.05, 0.1) is 5.56 Å². The molecule has 3 rings (SSSR count). The minimum absolute atomic E-state index is 0.700. The molecule has 0 radical (unpaired) electrons. The van der Waals surface area contributed by atoms with Crippen molar-refractivity contribution in [3.63, 3.8) is 0 Å². The summed E-state index contributed by atoms with van der Waals surface area (Å²) in [5.41, 5.74) is 4.72. The lowest BCUT2D eigenvalue weighted by atomic mass is 9.95. The van der Waals surface area contributed by atoms with Crippen molar-refractivity contribution in [3.05, 3.63) is 34.5 Å². The minimum Gasteiger partial charge on any atom is -0.369 e. The van der Waals surface area contributed by atoms with E-state index in [0.29, 0.717) is 5.56 Å². The Kier molecular flexibility index (Phi) is 4.01. The number of anilines is 1. The Balaban J connectivity index is 1.69. The SMILES string of the molecule is N#Cc1cc2c(nc1NCCC1=CCCC1)CCCC2. The summed E-state index contributed by atoms with van der Waals surface area (Å²) >= 11 is 0. The maximum absolute atomic E-state index is 9.29. The van der Waals surface area contributed by atoms with Gasteiger partial charge in [0, 0.05) is 12.2 Å². The van der Waals surface area contributed by atoms with E-state index in [4.69, 9.17) is 4.98 Å².